The molecular formula is C19H14ClFN2O5S. The second-order valence-corrected chi connectivity index (χ2v) is 8.42. The Labute approximate surface area is 170 Å². The van der Waals surface area contributed by atoms with Crippen LogP contribution < -0.4 is 14.4 Å². The zero-order chi connectivity index (χ0) is 20.6. The molecule has 1 N–H and O–H groups in total. The monoisotopic (exact) mass is 436 g/mol. The maximum Gasteiger partial charge on any atom is 0.266 e. The van der Waals surface area contributed by atoms with Crippen molar-refractivity contribution in [2.45, 2.75) is 11.4 Å². The van der Waals surface area contributed by atoms with Crippen LogP contribution in [0, 0.1) is 5.82 Å². The first-order valence-electron chi connectivity index (χ1n) is 8.41. The van der Waals surface area contributed by atoms with Crippen molar-refractivity contribution in [2.24, 2.45) is 0 Å². The molecule has 0 aliphatic carbocycles. The van der Waals surface area contributed by atoms with Crippen LogP contribution in [0.3, 0.4) is 0 Å². The van der Waals surface area contributed by atoms with E-state index in [-0.39, 0.29) is 46.1 Å². The van der Waals surface area contributed by atoms with Gasteiger partial charge in [-0.05, 0) is 42.5 Å². The Kier molecular flexibility index (Phi) is 4.93. The molecule has 0 saturated carbocycles. The van der Waals surface area contributed by atoms with Gasteiger partial charge in [-0.15, -0.1) is 0 Å². The van der Waals surface area contributed by atoms with Crippen LogP contribution in [0.15, 0.2) is 64.1 Å². The fourth-order valence-corrected chi connectivity index (χ4v) is 4.82. The van der Waals surface area contributed by atoms with Gasteiger partial charge in [0.05, 0.1) is 29.2 Å². The minimum atomic E-state index is -4.19. The summed E-state index contributed by atoms with van der Waals surface area (Å²) >= 11 is 6.24. The molecule has 0 unspecified atom stereocenters. The Morgan fingerprint density at radius 1 is 1.17 bits per heavy atom. The van der Waals surface area contributed by atoms with Gasteiger partial charge in [-0.3, -0.25) is 9.10 Å². The third-order valence-electron chi connectivity index (χ3n) is 4.23. The second-order valence-electron chi connectivity index (χ2n) is 6.18. The molecule has 2 heterocycles. The molecule has 0 spiro atoms. The third kappa shape index (κ3) is 3.79. The summed E-state index contributed by atoms with van der Waals surface area (Å²) in [6.07, 6.45) is 1.42. The lowest BCUT2D eigenvalue weighted by atomic mass is 10.2. The van der Waals surface area contributed by atoms with Crippen LogP contribution in [0.5, 0.6) is 5.75 Å². The first-order valence-corrected chi connectivity index (χ1v) is 10.2. The van der Waals surface area contributed by atoms with E-state index >= 15 is 0 Å². The highest BCUT2D eigenvalue weighted by molar-refractivity contribution is 7.93. The number of hydrogen-bond donors (Lipinski definition) is 1. The third-order valence-corrected chi connectivity index (χ3v) is 6.47. The summed E-state index contributed by atoms with van der Waals surface area (Å²) in [6, 6.07) is 10.8. The average Bonchev–Trinajstić information content (AvgIpc) is 3.19. The number of nitrogens with one attached hydrogen (secondary N) is 1. The van der Waals surface area contributed by atoms with Crippen LogP contribution in [0.2, 0.25) is 5.02 Å². The van der Waals surface area contributed by atoms with E-state index in [4.69, 9.17) is 20.8 Å². The minimum Gasteiger partial charge on any atom is -0.482 e. The fourth-order valence-electron chi connectivity index (χ4n) is 2.86. The van der Waals surface area contributed by atoms with Gasteiger partial charge in [0.25, 0.3) is 15.9 Å². The lowest BCUT2D eigenvalue weighted by Crippen LogP contribution is -2.31. The molecule has 1 aliphatic heterocycles. The van der Waals surface area contributed by atoms with Gasteiger partial charge >= 0.3 is 0 Å². The first-order chi connectivity index (χ1) is 13.8. The van der Waals surface area contributed by atoms with Crippen LogP contribution in [-0.4, -0.2) is 20.9 Å². The number of carbonyl (C=O) groups excluding carboxylic acids is 1. The van der Waals surface area contributed by atoms with E-state index in [1.54, 1.807) is 12.1 Å². The maximum atomic E-state index is 13.5. The number of halogens is 2. The van der Waals surface area contributed by atoms with Crippen molar-refractivity contribution >= 4 is 38.9 Å². The quantitative estimate of drug-likeness (QED) is 0.657. The van der Waals surface area contributed by atoms with Gasteiger partial charge in [0.2, 0.25) is 0 Å². The van der Waals surface area contributed by atoms with Crippen molar-refractivity contribution < 1.29 is 26.8 Å². The molecule has 0 bridgehead atoms. The molecule has 3 aromatic rings. The average molecular weight is 437 g/mol. The number of rotatable bonds is 5. The summed E-state index contributed by atoms with van der Waals surface area (Å²) < 4.78 is 52.0. The van der Waals surface area contributed by atoms with Crippen molar-refractivity contribution in [3.8, 4) is 5.75 Å². The number of furan rings is 1. The van der Waals surface area contributed by atoms with Crippen LogP contribution in [-0.2, 0) is 21.4 Å². The molecule has 0 atom stereocenters. The highest BCUT2D eigenvalue weighted by Crippen LogP contribution is 2.38. The number of fused-ring (bicyclic) bond motifs is 1. The lowest BCUT2D eigenvalue weighted by Gasteiger charge is -2.25. The molecule has 0 fully saturated rings. The maximum absolute atomic E-state index is 13.5. The van der Waals surface area contributed by atoms with E-state index in [0.29, 0.717) is 5.76 Å². The van der Waals surface area contributed by atoms with E-state index in [1.165, 1.54) is 30.5 Å². The number of amides is 1. The molecule has 4 rings (SSSR count). The Morgan fingerprint density at radius 3 is 2.62 bits per heavy atom. The van der Waals surface area contributed by atoms with Crippen molar-refractivity contribution in [2.75, 3.05) is 16.2 Å². The van der Waals surface area contributed by atoms with E-state index in [0.717, 1.165) is 16.4 Å². The molecule has 150 valence electrons. The molecule has 10 heteroatoms. The van der Waals surface area contributed by atoms with Crippen molar-refractivity contribution in [3.63, 3.8) is 0 Å². The number of ether oxygens (including phenoxy) is 1. The number of nitrogens with zero attached hydrogens (tertiary/aromatic N) is 1. The van der Waals surface area contributed by atoms with Crippen molar-refractivity contribution in [1.29, 1.82) is 0 Å². The Hall–Kier alpha value is -3.04. The Morgan fingerprint density at radius 2 is 1.93 bits per heavy atom. The largest absolute Gasteiger partial charge is 0.482 e. The molecular weight excluding hydrogens is 423 g/mol. The van der Waals surface area contributed by atoms with Crippen LogP contribution in [0.4, 0.5) is 15.8 Å². The van der Waals surface area contributed by atoms with Gasteiger partial charge in [-0.2, -0.15) is 0 Å². The number of sulfonamides is 1. The normalized spacial score (nSPS) is 13.4. The highest BCUT2D eigenvalue weighted by atomic mass is 35.5. The standard InChI is InChI=1S/C19H14ClFN2O5S/c20-15-8-16-17(28-11-19(24)22-16)9-18(15)29(25,26)23(10-14-2-1-7-27-14)13-5-3-12(21)4-6-13/h1-9H,10-11H2,(H,22,24). The zero-order valence-electron chi connectivity index (χ0n) is 14.8. The summed E-state index contributed by atoms with van der Waals surface area (Å²) in [5.74, 6) is -0.296. The number of carbonyl (C=O) groups is 1. The lowest BCUT2D eigenvalue weighted by molar-refractivity contribution is -0.118. The van der Waals surface area contributed by atoms with Crippen molar-refractivity contribution in [1.82, 2.24) is 0 Å². The Balaban J connectivity index is 1.81. The fraction of sp³-hybridized carbons (Fsp3) is 0.105. The molecule has 29 heavy (non-hydrogen) atoms. The van der Waals surface area contributed by atoms with Crippen LogP contribution in [0.1, 0.15) is 5.76 Å². The first kappa shape index (κ1) is 19.3. The summed E-state index contributed by atoms with van der Waals surface area (Å²) in [5, 5.41) is 2.47. The smallest absolute Gasteiger partial charge is 0.266 e. The summed E-state index contributed by atoms with van der Waals surface area (Å²) in [7, 11) is -4.19. The SMILES string of the molecule is O=C1COc2cc(S(=O)(=O)N(Cc3ccco3)c3ccc(F)cc3)c(Cl)cc2N1. The predicted octanol–water partition coefficient (Wildman–Crippen LogP) is 3.80. The van der Waals surface area contributed by atoms with E-state index in [1.807, 2.05) is 0 Å². The molecule has 0 radical (unpaired) electrons. The van der Waals surface area contributed by atoms with E-state index in [9.17, 15) is 17.6 Å². The minimum absolute atomic E-state index is 0.0962. The summed E-state index contributed by atoms with van der Waals surface area (Å²) in [6.45, 7) is -0.367. The van der Waals surface area contributed by atoms with Crippen LogP contribution in [0.25, 0.3) is 0 Å². The van der Waals surface area contributed by atoms with Gasteiger partial charge in [-0.25, -0.2) is 12.8 Å². The summed E-state index contributed by atoms with van der Waals surface area (Å²) in [4.78, 5) is 11.3. The molecule has 2 aromatic carbocycles. The van der Waals surface area contributed by atoms with Gasteiger partial charge in [0.1, 0.15) is 22.2 Å². The summed E-state index contributed by atoms with van der Waals surface area (Å²) in [5.41, 5.74) is 0.510. The number of benzene rings is 2. The van der Waals surface area contributed by atoms with E-state index in [2.05, 4.69) is 5.32 Å². The number of hydrogen-bond acceptors (Lipinski definition) is 5. The highest BCUT2D eigenvalue weighted by Gasteiger charge is 2.31. The zero-order valence-corrected chi connectivity index (χ0v) is 16.3. The van der Waals surface area contributed by atoms with Gasteiger partial charge < -0.3 is 14.5 Å². The van der Waals surface area contributed by atoms with Crippen LogP contribution >= 0.6 is 11.6 Å². The molecule has 1 aliphatic rings. The van der Waals surface area contributed by atoms with Gasteiger partial charge in [0, 0.05) is 6.07 Å². The van der Waals surface area contributed by atoms with E-state index < -0.39 is 15.8 Å². The Bertz CT molecular complexity index is 1160. The topological polar surface area (TPSA) is 88.9 Å². The number of anilines is 2. The molecule has 7 nitrogen and oxygen atoms in total. The molecule has 1 aromatic heterocycles. The molecule has 0 saturated heterocycles. The molecule has 1 amide bonds. The second kappa shape index (κ2) is 7.41. The van der Waals surface area contributed by atoms with Gasteiger partial charge in [0.15, 0.2) is 6.61 Å². The van der Waals surface area contributed by atoms with Gasteiger partial charge in [-0.1, -0.05) is 11.6 Å². The van der Waals surface area contributed by atoms with Crippen molar-refractivity contribution in [3.05, 3.63) is 71.4 Å². The predicted molar refractivity (Wildman–Crippen MR) is 104 cm³/mol.